The summed E-state index contributed by atoms with van der Waals surface area (Å²) < 4.78 is 33.1. The van der Waals surface area contributed by atoms with Crippen LogP contribution in [-0.4, -0.2) is 27.0 Å². The Kier molecular flexibility index (Phi) is 7.52. The number of carbonyl (C=O) groups is 1. The molecule has 0 aromatic heterocycles. The fraction of sp³-hybridized carbons (Fsp3) is 0.533. The number of hydrogen-bond donors (Lipinski definition) is 1. The fourth-order valence-corrected chi connectivity index (χ4v) is 3.31. The number of ether oxygens (including phenoxy) is 1. The van der Waals surface area contributed by atoms with E-state index in [1.165, 1.54) is 12.1 Å². The van der Waals surface area contributed by atoms with Crippen molar-refractivity contribution < 1.29 is 17.9 Å². The van der Waals surface area contributed by atoms with Crippen LogP contribution in [0.25, 0.3) is 0 Å². The lowest BCUT2D eigenvalue weighted by Crippen LogP contribution is -2.45. The van der Waals surface area contributed by atoms with Crippen LogP contribution in [-0.2, 0) is 19.6 Å². The van der Waals surface area contributed by atoms with Crippen molar-refractivity contribution in [2.24, 2.45) is 5.92 Å². The Hall–Kier alpha value is -0.920. The van der Waals surface area contributed by atoms with Crippen molar-refractivity contribution in [2.45, 2.75) is 44.6 Å². The molecular weight excluding hydrogens is 370 g/mol. The van der Waals surface area contributed by atoms with Crippen molar-refractivity contribution >= 4 is 31.9 Å². The minimum atomic E-state index is -3.77. The molecular formula is C15H22BrNO4S. The monoisotopic (exact) mass is 391 g/mol. The van der Waals surface area contributed by atoms with Gasteiger partial charge in [-0.2, -0.15) is 4.72 Å². The summed E-state index contributed by atoms with van der Waals surface area (Å²) in [5.74, 6) is -0.747. The maximum absolute atomic E-state index is 12.4. The van der Waals surface area contributed by atoms with Gasteiger partial charge in [0.15, 0.2) is 0 Å². The standard InChI is InChI=1S/C15H22BrNO4S/c1-4-5-10-21-15(18)14(11(2)3)17-22(19,20)13-8-6-12(16)7-9-13/h6-9,11,14,17H,4-5,10H2,1-3H3/t14-/m0/s1. The lowest BCUT2D eigenvalue weighted by molar-refractivity contribution is -0.146. The quantitative estimate of drug-likeness (QED) is 0.545. The van der Waals surface area contributed by atoms with E-state index in [2.05, 4.69) is 20.7 Å². The minimum absolute atomic E-state index is 0.114. The van der Waals surface area contributed by atoms with Gasteiger partial charge in [0.25, 0.3) is 0 Å². The first-order valence-electron chi connectivity index (χ1n) is 7.22. The van der Waals surface area contributed by atoms with Gasteiger partial charge in [0, 0.05) is 4.47 Å². The second-order valence-electron chi connectivity index (χ2n) is 5.32. The van der Waals surface area contributed by atoms with Crippen molar-refractivity contribution in [3.63, 3.8) is 0 Å². The van der Waals surface area contributed by atoms with E-state index in [9.17, 15) is 13.2 Å². The smallest absolute Gasteiger partial charge is 0.324 e. The van der Waals surface area contributed by atoms with Gasteiger partial charge in [0.1, 0.15) is 6.04 Å². The lowest BCUT2D eigenvalue weighted by Gasteiger charge is -2.20. The van der Waals surface area contributed by atoms with E-state index in [0.717, 1.165) is 17.3 Å². The molecule has 0 aliphatic heterocycles. The molecule has 1 aromatic carbocycles. The van der Waals surface area contributed by atoms with Gasteiger partial charge in [-0.25, -0.2) is 8.42 Å². The molecule has 0 radical (unpaired) electrons. The van der Waals surface area contributed by atoms with Gasteiger partial charge >= 0.3 is 5.97 Å². The summed E-state index contributed by atoms with van der Waals surface area (Å²) in [6.07, 6.45) is 1.67. The summed E-state index contributed by atoms with van der Waals surface area (Å²) in [6, 6.07) is 5.33. The molecule has 0 saturated carbocycles. The van der Waals surface area contributed by atoms with Gasteiger partial charge < -0.3 is 4.74 Å². The van der Waals surface area contributed by atoms with Crippen LogP contribution in [0, 0.1) is 5.92 Å². The summed E-state index contributed by atoms with van der Waals surface area (Å²) in [6.45, 7) is 5.84. The zero-order valence-corrected chi connectivity index (χ0v) is 15.4. The number of sulfonamides is 1. The van der Waals surface area contributed by atoms with Crippen LogP contribution in [0.2, 0.25) is 0 Å². The van der Waals surface area contributed by atoms with E-state index in [0.29, 0.717) is 6.61 Å². The summed E-state index contributed by atoms with van der Waals surface area (Å²) in [5, 5.41) is 0. The third kappa shape index (κ3) is 5.70. The molecule has 5 nitrogen and oxygen atoms in total. The summed E-state index contributed by atoms with van der Waals surface area (Å²) in [5.41, 5.74) is 0. The molecule has 7 heteroatoms. The first kappa shape index (κ1) is 19.1. The van der Waals surface area contributed by atoms with E-state index < -0.39 is 22.0 Å². The number of esters is 1. The van der Waals surface area contributed by atoms with Crippen molar-refractivity contribution in [1.82, 2.24) is 4.72 Å². The zero-order valence-electron chi connectivity index (χ0n) is 13.0. The molecule has 0 aliphatic carbocycles. The van der Waals surface area contributed by atoms with Gasteiger partial charge in [-0.15, -0.1) is 0 Å². The van der Waals surface area contributed by atoms with Crippen LogP contribution in [0.15, 0.2) is 33.6 Å². The van der Waals surface area contributed by atoms with E-state index in [4.69, 9.17) is 4.74 Å². The molecule has 0 heterocycles. The molecule has 0 amide bonds. The lowest BCUT2D eigenvalue weighted by atomic mass is 10.1. The molecule has 124 valence electrons. The second-order valence-corrected chi connectivity index (χ2v) is 7.95. The first-order valence-corrected chi connectivity index (χ1v) is 9.50. The Bertz CT molecular complexity index is 584. The second kappa shape index (κ2) is 8.64. The molecule has 1 N–H and O–H groups in total. The maximum Gasteiger partial charge on any atom is 0.324 e. The fourth-order valence-electron chi connectivity index (χ4n) is 1.71. The maximum atomic E-state index is 12.4. The number of hydrogen-bond acceptors (Lipinski definition) is 4. The van der Waals surface area contributed by atoms with E-state index in [1.807, 2.05) is 6.92 Å². The Balaban J connectivity index is 2.85. The number of halogens is 1. The third-order valence-corrected chi connectivity index (χ3v) is 5.05. The predicted molar refractivity (Wildman–Crippen MR) is 89.0 cm³/mol. The molecule has 1 atom stereocenters. The van der Waals surface area contributed by atoms with Gasteiger partial charge in [0.05, 0.1) is 11.5 Å². The molecule has 1 aromatic rings. The van der Waals surface area contributed by atoms with Gasteiger partial charge in [0.2, 0.25) is 10.0 Å². The van der Waals surface area contributed by atoms with E-state index in [1.54, 1.807) is 26.0 Å². The average molecular weight is 392 g/mol. The molecule has 22 heavy (non-hydrogen) atoms. The van der Waals surface area contributed by atoms with Crippen molar-refractivity contribution in [2.75, 3.05) is 6.61 Å². The Morgan fingerprint density at radius 1 is 1.27 bits per heavy atom. The number of benzene rings is 1. The highest BCUT2D eigenvalue weighted by atomic mass is 79.9. The van der Waals surface area contributed by atoms with Crippen LogP contribution in [0.4, 0.5) is 0 Å². The van der Waals surface area contributed by atoms with Crippen LogP contribution < -0.4 is 4.72 Å². The number of carbonyl (C=O) groups excluding carboxylic acids is 1. The highest BCUT2D eigenvalue weighted by Gasteiger charge is 2.29. The number of nitrogens with one attached hydrogen (secondary N) is 1. The summed E-state index contributed by atoms with van der Waals surface area (Å²) >= 11 is 3.26. The normalized spacial score (nSPS) is 13.1. The highest BCUT2D eigenvalue weighted by molar-refractivity contribution is 9.10. The average Bonchev–Trinajstić information content (AvgIpc) is 2.45. The SMILES string of the molecule is CCCCOC(=O)[C@@H](NS(=O)(=O)c1ccc(Br)cc1)C(C)C. The Morgan fingerprint density at radius 2 is 1.86 bits per heavy atom. The van der Waals surface area contributed by atoms with Gasteiger partial charge in [-0.1, -0.05) is 43.1 Å². The van der Waals surface area contributed by atoms with Crippen molar-refractivity contribution in [1.29, 1.82) is 0 Å². The molecule has 0 bridgehead atoms. The topological polar surface area (TPSA) is 72.5 Å². The molecule has 0 saturated heterocycles. The van der Waals surface area contributed by atoms with Crippen molar-refractivity contribution in [3.8, 4) is 0 Å². The van der Waals surface area contributed by atoms with Crippen LogP contribution in [0.1, 0.15) is 33.6 Å². The molecule has 0 aliphatic rings. The largest absolute Gasteiger partial charge is 0.464 e. The number of rotatable bonds is 8. The molecule has 0 unspecified atom stereocenters. The summed E-state index contributed by atoms with van der Waals surface area (Å²) in [4.78, 5) is 12.2. The first-order chi connectivity index (χ1) is 10.3. The van der Waals surface area contributed by atoms with E-state index >= 15 is 0 Å². The molecule has 0 spiro atoms. The molecule has 1 rings (SSSR count). The molecule has 0 fully saturated rings. The van der Waals surface area contributed by atoms with Crippen LogP contribution in [0.5, 0.6) is 0 Å². The minimum Gasteiger partial charge on any atom is -0.464 e. The van der Waals surface area contributed by atoms with Crippen molar-refractivity contribution in [3.05, 3.63) is 28.7 Å². The van der Waals surface area contributed by atoms with E-state index in [-0.39, 0.29) is 10.8 Å². The Morgan fingerprint density at radius 3 is 2.36 bits per heavy atom. The van der Waals surface area contributed by atoms with Crippen LogP contribution >= 0.6 is 15.9 Å². The van der Waals surface area contributed by atoms with Gasteiger partial charge in [-0.3, -0.25) is 4.79 Å². The summed E-state index contributed by atoms with van der Waals surface area (Å²) in [7, 11) is -3.77. The highest BCUT2D eigenvalue weighted by Crippen LogP contribution is 2.16. The zero-order chi connectivity index (χ0) is 16.8. The van der Waals surface area contributed by atoms with Gasteiger partial charge in [-0.05, 0) is 36.6 Å². The third-order valence-electron chi connectivity index (χ3n) is 3.07. The predicted octanol–water partition coefficient (Wildman–Crippen LogP) is 3.10. The number of unbranched alkanes of at least 4 members (excludes halogenated alkanes) is 1. The van der Waals surface area contributed by atoms with Crippen LogP contribution in [0.3, 0.4) is 0 Å². The Labute approximate surface area is 140 Å².